The van der Waals surface area contributed by atoms with Crippen LogP contribution in [-0.4, -0.2) is 18.4 Å². The van der Waals surface area contributed by atoms with Crippen molar-refractivity contribution in [1.29, 1.82) is 0 Å². The molecule has 2 heterocycles. The summed E-state index contributed by atoms with van der Waals surface area (Å²) in [5, 5.41) is 4.65. The lowest BCUT2D eigenvalue weighted by Crippen LogP contribution is -2.46. The smallest absolute Gasteiger partial charge is 0.141 e. The Kier molecular flexibility index (Phi) is 8.04. The van der Waals surface area contributed by atoms with Crippen LogP contribution in [0.25, 0.3) is 0 Å². The molecule has 2 aromatic rings. The van der Waals surface area contributed by atoms with Gasteiger partial charge in [-0.1, -0.05) is 55.1 Å². The van der Waals surface area contributed by atoms with E-state index in [1.54, 1.807) is 0 Å². The SMILES string of the molecule is Cc1c(Cl)cccc1CC(=O)Cc1ccc2c(c1)[C@H]1OCCC[C@H]1[C@H](C1CCCCC1)N2.Cl. The predicted molar refractivity (Wildman–Crippen MR) is 138 cm³/mol. The number of ketones is 1. The van der Waals surface area contributed by atoms with Crippen LogP contribution in [0.5, 0.6) is 0 Å². The lowest BCUT2D eigenvalue weighted by atomic mass is 9.71. The van der Waals surface area contributed by atoms with Gasteiger partial charge in [-0.15, -0.1) is 12.4 Å². The van der Waals surface area contributed by atoms with Gasteiger partial charge in [-0.25, -0.2) is 0 Å². The van der Waals surface area contributed by atoms with Crippen molar-refractivity contribution in [1.82, 2.24) is 0 Å². The summed E-state index contributed by atoms with van der Waals surface area (Å²) in [7, 11) is 0. The number of anilines is 1. The molecular formula is C28H35Cl2NO2. The van der Waals surface area contributed by atoms with E-state index in [0.717, 1.165) is 40.7 Å². The number of nitrogens with one attached hydrogen (secondary N) is 1. The Labute approximate surface area is 209 Å². The van der Waals surface area contributed by atoms with Crippen molar-refractivity contribution >= 4 is 35.5 Å². The summed E-state index contributed by atoms with van der Waals surface area (Å²) in [6.45, 7) is 2.83. The standard InChI is InChI=1S/C28H34ClNO2.ClH/c1-18-21(9-5-11-25(18)29)17-22(31)15-19-12-13-26-24(16-19)28-23(10-6-14-32-28)27(30-26)20-7-3-2-4-8-20;/h5,9,11-13,16,20,23,27-28,30H,2-4,6-8,10,14-15,17H2,1H3;1H/t23-,27-,28-;/m0./s1. The Hall–Kier alpha value is -1.55. The van der Waals surface area contributed by atoms with Crippen LogP contribution in [0.4, 0.5) is 5.69 Å². The van der Waals surface area contributed by atoms with E-state index in [1.165, 1.54) is 49.8 Å². The number of halogens is 2. The highest BCUT2D eigenvalue weighted by molar-refractivity contribution is 6.31. The lowest BCUT2D eigenvalue weighted by molar-refractivity contribution is -0.117. The van der Waals surface area contributed by atoms with Crippen LogP contribution in [0.2, 0.25) is 5.02 Å². The maximum absolute atomic E-state index is 12.9. The third kappa shape index (κ3) is 5.26. The molecule has 0 unspecified atom stereocenters. The Morgan fingerprint density at radius 2 is 1.88 bits per heavy atom. The van der Waals surface area contributed by atoms with Crippen LogP contribution in [0.15, 0.2) is 36.4 Å². The molecule has 3 atom stereocenters. The van der Waals surface area contributed by atoms with Gasteiger partial charge < -0.3 is 10.1 Å². The highest BCUT2D eigenvalue weighted by Gasteiger charge is 2.42. The number of hydrogen-bond acceptors (Lipinski definition) is 3. The van der Waals surface area contributed by atoms with E-state index in [2.05, 4.69) is 23.5 Å². The first kappa shape index (κ1) is 24.6. The van der Waals surface area contributed by atoms with E-state index in [-0.39, 0.29) is 24.3 Å². The van der Waals surface area contributed by atoms with Gasteiger partial charge in [0.2, 0.25) is 0 Å². The molecule has 0 spiro atoms. The molecule has 1 aliphatic carbocycles. The third-order valence-electron chi connectivity index (χ3n) is 7.90. The van der Waals surface area contributed by atoms with Crippen molar-refractivity contribution in [2.45, 2.75) is 76.9 Å². The molecule has 0 bridgehead atoms. The first-order valence-corrected chi connectivity index (χ1v) is 12.7. The molecule has 1 saturated carbocycles. The van der Waals surface area contributed by atoms with Crippen molar-refractivity contribution in [3.05, 3.63) is 63.7 Å². The van der Waals surface area contributed by atoms with E-state index in [0.29, 0.717) is 24.8 Å². The predicted octanol–water partition coefficient (Wildman–Crippen LogP) is 7.27. The second kappa shape index (κ2) is 10.8. The summed E-state index contributed by atoms with van der Waals surface area (Å²) in [5.41, 5.74) is 5.58. The lowest BCUT2D eigenvalue weighted by Gasteiger charge is -2.47. The van der Waals surface area contributed by atoms with E-state index in [1.807, 2.05) is 25.1 Å². The van der Waals surface area contributed by atoms with Gasteiger partial charge in [-0.3, -0.25) is 4.79 Å². The minimum atomic E-state index is 0. The zero-order valence-corrected chi connectivity index (χ0v) is 21.0. The molecule has 2 fully saturated rings. The number of carbonyl (C=O) groups is 1. The average Bonchev–Trinajstić information content (AvgIpc) is 2.82. The Morgan fingerprint density at radius 1 is 1.06 bits per heavy atom. The van der Waals surface area contributed by atoms with Crippen molar-refractivity contribution < 1.29 is 9.53 Å². The van der Waals surface area contributed by atoms with E-state index >= 15 is 0 Å². The van der Waals surface area contributed by atoms with Crippen molar-refractivity contribution in [3.63, 3.8) is 0 Å². The minimum absolute atomic E-state index is 0. The summed E-state index contributed by atoms with van der Waals surface area (Å²) >= 11 is 6.24. The summed E-state index contributed by atoms with van der Waals surface area (Å²) in [6, 6.07) is 12.9. The molecule has 2 aromatic carbocycles. The van der Waals surface area contributed by atoms with Gasteiger partial charge in [0, 0.05) is 47.7 Å². The van der Waals surface area contributed by atoms with Gasteiger partial charge in [-0.05, 0) is 67.3 Å². The normalized spacial score (nSPS) is 24.7. The van der Waals surface area contributed by atoms with Gasteiger partial charge in [0.25, 0.3) is 0 Å². The monoisotopic (exact) mass is 487 g/mol. The van der Waals surface area contributed by atoms with E-state index < -0.39 is 0 Å². The topological polar surface area (TPSA) is 38.3 Å². The first-order valence-electron chi connectivity index (χ1n) is 12.4. The molecule has 0 radical (unpaired) electrons. The molecule has 2 aliphatic heterocycles. The second-order valence-electron chi connectivity index (χ2n) is 10.0. The summed E-state index contributed by atoms with van der Waals surface area (Å²) < 4.78 is 6.37. The quantitative estimate of drug-likeness (QED) is 0.481. The van der Waals surface area contributed by atoms with Crippen LogP contribution >= 0.6 is 24.0 Å². The number of Topliss-reactive ketones (excluding diaryl/α,β-unsaturated/α-hetero) is 1. The molecule has 3 aliphatic rings. The molecule has 3 nitrogen and oxygen atoms in total. The van der Waals surface area contributed by atoms with Crippen molar-refractivity contribution in [2.24, 2.45) is 11.8 Å². The maximum atomic E-state index is 12.9. The van der Waals surface area contributed by atoms with Gasteiger partial charge in [0.15, 0.2) is 0 Å². The first-order chi connectivity index (χ1) is 15.6. The zero-order valence-electron chi connectivity index (χ0n) is 19.4. The molecule has 178 valence electrons. The van der Waals surface area contributed by atoms with Gasteiger partial charge in [0.05, 0.1) is 6.10 Å². The van der Waals surface area contributed by atoms with Crippen LogP contribution in [0, 0.1) is 18.8 Å². The van der Waals surface area contributed by atoms with Gasteiger partial charge in [0.1, 0.15) is 5.78 Å². The Morgan fingerprint density at radius 3 is 2.70 bits per heavy atom. The maximum Gasteiger partial charge on any atom is 0.141 e. The molecule has 5 rings (SSSR count). The number of carbonyl (C=O) groups excluding carboxylic acids is 1. The average molecular weight is 488 g/mol. The fourth-order valence-corrected chi connectivity index (χ4v) is 6.37. The van der Waals surface area contributed by atoms with Crippen LogP contribution in [-0.2, 0) is 22.4 Å². The molecule has 33 heavy (non-hydrogen) atoms. The molecule has 1 saturated heterocycles. The summed E-state index contributed by atoms with van der Waals surface area (Å²) in [5.74, 6) is 1.52. The highest BCUT2D eigenvalue weighted by Crippen LogP contribution is 2.47. The molecular weight excluding hydrogens is 453 g/mol. The molecule has 1 N–H and O–H groups in total. The zero-order chi connectivity index (χ0) is 22.1. The van der Waals surface area contributed by atoms with Crippen LogP contribution in [0.3, 0.4) is 0 Å². The Bertz CT molecular complexity index is 986. The third-order valence-corrected chi connectivity index (χ3v) is 8.31. The number of ether oxygens (including phenoxy) is 1. The van der Waals surface area contributed by atoms with Crippen molar-refractivity contribution in [3.8, 4) is 0 Å². The summed E-state index contributed by atoms with van der Waals surface area (Å²) in [4.78, 5) is 12.9. The molecule has 5 heteroatoms. The summed E-state index contributed by atoms with van der Waals surface area (Å²) in [6.07, 6.45) is 10.2. The van der Waals surface area contributed by atoms with Crippen molar-refractivity contribution in [2.75, 3.05) is 11.9 Å². The number of benzene rings is 2. The van der Waals surface area contributed by atoms with Gasteiger partial charge in [-0.2, -0.15) is 0 Å². The molecule has 0 amide bonds. The molecule has 0 aromatic heterocycles. The largest absolute Gasteiger partial charge is 0.381 e. The van der Waals surface area contributed by atoms with E-state index in [4.69, 9.17) is 16.3 Å². The van der Waals surface area contributed by atoms with Gasteiger partial charge >= 0.3 is 0 Å². The Balaban J connectivity index is 0.00000259. The number of rotatable bonds is 5. The minimum Gasteiger partial charge on any atom is -0.381 e. The number of fused-ring (bicyclic) bond motifs is 3. The number of hydrogen-bond donors (Lipinski definition) is 1. The highest BCUT2D eigenvalue weighted by atomic mass is 35.5. The van der Waals surface area contributed by atoms with E-state index in [9.17, 15) is 4.79 Å². The fraction of sp³-hybridized carbons (Fsp3) is 0.536. The fourth-order valence-electron chi connectivity index (χ4n) is 6.18. The van der Waals surface area contributed by atoms with Crippen LogP contribution < -0.4 is 5.32 Å². The van der Waals surface area contributed by atoms with Crippen LogP contribution in [0.1, 0.15) is 73.3 Å². The second-order valence-corrected chi connectivity index (χ2v) is 10.4.